The van der Waals surface area contributed by atoms with E-state index in [2.05, 4.69) is 0 Å². The summed E-state index contributed by atoms with van der Waals surface area (Å²) in [5, 5.41) is 0. The molecular formula is C15H28O3. The van der Waals surface area contributed by atoms with Crippen LogP contribution in [0.2, 0.25) is 0 Å². The van der Waals surface area contributed by atoms with Crippen molar-refractivity contribution in [3.8, 4) is 0 Å². The van der Waals surface area contributed by atoms with Crippen molar-refractivity contribution in [2.75, 3.05) is 19.8 Å². The van der Waals surface area contributed by atoms with Gasteiger partial charge in [0.25, 0.3) is 0 Å². The summed E-state index contributed by atoms with van der Waals surface area (Å²) in [5.74, 6) is -0.0276. The Kier molecular flexibility index (Phi) is 9.91. The number of cyclic esters (lactones) is 1. The van der Waals surface area contributed by atoms with Gasteiger partial charge in [0.05, 0.1) is 6.61 Å². The average Bonchev–Trinajstić information content (AvgIpc) is 2.37. The number of ether oxygens (including phenoxy) is 2. The van der Waals surface area contributed by atoms with E-state index >= 15 is 0 Å². The first-order valence-corrected chi connectivity index (χ1v) is 7.63. The van der Waals surface area contributed by atoms with Gasteiger partial charge in [-0.2, -0.15) is 0 Å². The predicted octanol–water partition coefficient (Wildman–Crippen LogP) is 3.85. The number of hydrogen-bond acceptors (Lipinski definition) is 3. The summed E-state index contributed by atoms with van der Waals surface area (Å²) in [6.07, 6.45) is 12.3. The lowest BCUT2D eigenvalue weighted by atomic mass is 10.1. The van der Waals surface area contributed by atoms with E-state index in [9.17, 15) is 4.79 Å². The highest BCUT2D eigenvalue weighted by molar-refractivity contribution is 5.69. The van der Waals surface area contributed by atoms with E-state index in [1.54, 1.807) is 0 Å². The molecule has 0 saturated carbocycles. The van der Waals surface area contributed by atoms with E-state index in [0.717, 1.165) is 38.9 Å². The normalized spacial score (nSPS) is 23.0. The Morgan fingerprint density at radius 2 is 1.11 bits per heavy atom. The van der Waals surface area contributed by atoms with E-state index in [-0.39, 0.29) is 5.97 Å². The molecule has 1 saturated heterocycles. The van der Waals surface area contributed by atoms with Gasteiger partial charge < -0.3 is 9.47 Å². The maximum Gasteiger partial charge on any atom is 0.305 e. The zero-order valence-electron chi connectivity index (χ0n) is 11.6. The van der Waals surface area contributed by atoms with Crippen molar-refractivity contribution in [1.29, 1.82) is 0 Å². The quantitative estimate of drug-likeness (QED) is 0.617. The molecule has 1 heterocycles. The summed E-state index contributed by atoms with van der Waals surface area (Å²) in [7, 11) is 0. The van der Waals surface area contributed by atoms with Gasteiger partial charge in [0.1, 0.15) is 0 Å². The molecule has 0 aliphatic carbocycles. The zero-order chi connectivity index (χ0) is 12.9. The van der Waals surface area contributed by atoms with Crippen LogP contribution in [0.5, 0.6) is 0 Å². The minimum atomic E-state index is -0.0276. The van der Waals surface area contributed by atoms with Gasteiger partial charge in [0, 0.05) is 19.6 Å². The lowest BCUT2D eigenvalue weighted by Crippen LogP contribution is -2.06. The monoisotopic (exact) mass is 256 g/mol. The molecule has 0 amide bonds. The lowest BCUT2D eigenvalue weighted by Gasteiger charge is -2.05. The summed E-state index contributed by atoms with van der Waals surface area (Å²) >= 11 is 0. The molecule has 1 aliphatic heterocycles. The second-order valence-corrected chi connectivity index (χ2v) is 5.12. The standard InChI is InChI=1S/C15H28O3/c16-15-11-7-5-3-1-2-4-6-8-12-17-13-9-10-14-18-15/h1-14H2. The highest BCUT2D eigenvalue weighted by atomic mass is 16.5. The van der Waals surface area contributed by atoms with Crippen LogP contribution in [-0.4, -0.2) is 25.8 Å². The van der Waals surface area contributed by atoms with Crippen LogP contribution in [0.25, 0.3) is 0 Å². The van der Waals surface area contributed by atoms with E-state index in [1.807, 2.05) is 0 Å². The van der Waals surface area contributed by atoms with Crippen molar-refractivity contribution in [3.63, 3.8) is 0 Å². The van der Waals surface area contributed by atoms with Crippen LogP contribution >= 0.6 is 0 Å². The third kappa shape index (κ3) is 9.46. The molecule has 1 fully saturated rings. The summed E-state index contributed by atoms with van der Waals surface area (Å²) < 4.78 is 10.7. The summed E-state index contributed by atoms with van der Waals surface area (Å²) in [5.41, 5.74) is 0. The summed E-state index contributed by atoms with van der Waals surface area (Å²) in [6, 6.07) is 0. The van der Waals surface area contributed by atoms with Crippen molar-refractivity contribution < 1.29 is 14.3 Å². The molecular weight excluding hydrogens is 228 g/mol. The topological polar surface area (TPSA) is 35.5 Å². The second-order valence-electron chi connectivity index (χ2n) is 5.12. The predicted molar refractivity (Wildman–Crippen MR) is 72.6 cm³/mol. The van der Waals surface area contributed by atoms with Gasteiger partial charge in [-0.15, -0.1) is 0 Å². The third-order valence-corrected chi connectivity index (χ3v) is 3.37. The second kappa shape index (κ2) is 11.5. The Morgan fingerprint density at radius 3 is 1.83 bits per heavy atom. The van der Waals surface area contributed by atoms with Crippen LogP contribution in [-0.2, 0) is 14.3 Å². The zero-order valence-corrected chi connectivity index (χ0v) is 11.6. The molecule has 0 bridgehead atoms. The highest BCUT2D eigenvalue weighted by Crippen LogP contribution is 2.10. The Morgan fingerprint density at radius 1 is 0.611 bits per heavy atom. The Balaban J connectivity index is 2.11. The van der Waals surface area contributed by atoms with Crippen molar-refractivity contribution in [2.45, 2.75) is 70.6 Å². The van der Waals surface area contributed by atoms with Crippen molar-refractivity contribution in [3.05, 3.63) is 0 Å². The molecule has 1 rings (SSSR count). The first-order valence-electron chi connectivity index (χ1n) is 7.63. The molecule has 0 aromatic heterocycles. The largest absolute Gasteiger partial charge is 0.466 e. The third-order valence-electron chi connectivity index (χ3n) is 3.37. The fourth-order valence-electron chi connectivity index (χ4n) is 2.20. The number of hydrogen-bond donors (Lipinski definition) is 0. The Bertz CT molecular complexity index is 184. The molecule has 0 aromatic rings. The van der Waals surface area contributed by atoms with Gasteiger partial charge >= 0.3 is 5.97 Å². The fourth-order valence-corrected chi connectivity index (χ4v) is 2.20. The van der Waals surface area contributed by atoms with Crippen molar-refractivity contribution >= 4 is 5.97 Å². The van der Waals surface area contributed by atoms with Crippen molar-refractivity contribution in [2.24, 2.45) is 0 Å². The summed E-state index contributed by atoms with van der Waals surface area (Å²) in [6.45, 7) is 2.25. The van der Waals surface area contributed by atoms with E-state index in [0.29, 0.717) is 13.0 Å². The average molecular weight is 256 g/mol. The van der Waals surface area contributed by atoms with Crippen LogP contribution in [0.1, 0.15) is 70.6 Å². The van der Waals surface area contributed by atoms with E-state index in [4.69, 9.17) is 9.47 Å². The fraction of sp³-hybridized carbons (Fsp3) is 0.933. The SMILES string of the molecule is O=C1CCCCCCCCCCOCCCCO1. The molecule has 1 aliphatic rings. The Labute approximate surface area is 111 Å². The van der Waals surface area contributed by atoms with Crippen LogP contribution in [0.3, 0.4) is 0 Å². The maximum atomic E-state index is 11.4. The number of rotatable bonds is 0. The molecule has 0 atom stereocenters. The minimum Gasteiger partial charge on any atom is -0.466 e. The number of carbonyl (C=O) groups excluding carboxylic acids is 1. The molecule has 0 unspecified atom stereocenters. The molecule has 3 nitrogen and oxygen atoms in total. The Hall–Kier alpha value is -0.570. The molecule has 3 heteroatoms. The van der Waals surface area contributed by atoms with Crippen LogP contribution in [0, 0.1) is 0 Å². The first kappa shape index (κ1) is 15.5. The van der Waals surface area contributed by atoms with E-state index < -0.39 is 0 Å². The minimum absolute atomic E-state index is 0.0276. The van der Waals surface area contributed by atoms with Crippen LogP contribution in [0.4, 0.5) is 0 Å². The van der Waals surface area contributed by atoms with Gasteiger partial charge in [-0.1, -0.05) is 38.5 Å². The van der Waals surface area contributed by atoms with Gasteiger partial charge in [0.2, 0.25) is 0 Å². The first-order chi connectivity index (χ1) is 8.89. The van der Waals surface area contributed by atoms with Gasteiger partial charge in [0.15, 0.2) is 0 Å². The summed E-state index contributed by atoms with van der Waals surface area (Å²) in [4.78, 5) is 11.4. The van der Waals surface area contributed by atoms with Crippen molar-refractivity contribution in [1.82, 2.24) is 0 Å². The van der Waals surface area contributed by atoms with E-state index in [1.165, 1.54) is 38.5 Å². The smallest absolute Gasteiger partial charge is 0.305 e. The van der Waals surface area contributed by atoms with Gasteiger partial charge in [-0.3, -0.25) is 4.79 Å². The molecule has 18 heavy (non-hydrogen) atoms. The lowest BCUT2D eigenvalue weighted by molar-refractivity contribution is -0.144. The van der Waals surface area contributed by atoms with Crippen LogP contribution < -0.4 is 0 Å². The maximum absolute atomic E-state index is 11.4. The molecule has 0 spiro atoms. The van der Waals surface area contributed by atoms with Gasteiger partial charge in [-0.25, -0.2) is 0 Å². The molecule has 0 radical (unpaired) electrons. The number of esters is 1. The molecule has 0 aromatic carbocycles. The molecule has 0 N–H and O–H groups in total. The molecule has 106 valence electrons. The van der Waals surface area contributed by atoms with Crippen LogP contribution in [0.15, 0.2) is 0 Å². The van der Waals surface area contributed by atoms with Gasteiger partial charge in [-0.05, 0) is 25.7 Å². The number of carbonyl (C=O) groups is 1. The highest BCUT2D eigenvalue weighted by Gasteiger charge is 2.02.